The first-order valence-corrected chi connectivity index (χ1v) is 7.69. The Morgan fingerprint density at radius 1 is 1.24 bits per heavy atom. The van der Waals surface area contributed by atoms with E-state index in [-0.39, 0.29) is 11.3 Å². The second-order valence-electron chi connectivity index (χ2n) is 6.33. The molecule has 0 bridgehead atoms. The molecule has 0 radical (unpaired) electrons. The van der Waals surface area contributed by atoms with Crippen molar-refractivity contribution >= 4 is 34.8 Å². The third-order valence-electron chi connectivity index (χ3n) is 3.79. The molecule has 5 heteroatoms. The smallest absolute Gasteiger partial charge is 0.254 e. The van der Waals surface area contributed by atoms with Crippen LogP contribution in [-0.2, 0) is 0 Å². The van der Waals surface area contributed by atoms with E-state index in [1.54, 1.807) is 17.0 Å². The van der Waals surface area contributed by atoms with E-state index in [1.807, 2.05) is 0 Å². The highest BCUT2D eigenvalue weighted by atomic mass is 35.5. The molecule has 2 N–H and O–H groups in total. The number of amides is 1. The normalized spacial score (nSPS) is 15.9. The number of nitrogens with zero attached hydrogens (tertiary/aromatic N) is 1. The second-order valence-corrected chi connectivity index (χ2v) is 7.15. The number of nitrogen functional groups attached to an aromatic ring is 1. The molecular weight excluding hydrogens is 307 g/mol. The highest BCUT2D eigenvalue weighted by molar-refractivity contribution is 6.39. The first kappa shape index (κ1) is 16.2. The molecule has 1 amide bonds. The topological polar surface area (TPSA) is 46.3 Å². The van der Waals surface area contributed by atoms with Crippen LogP contribution in [0.1, 0.15) is 37.6 Å². The van der Waals surface area contributed by atoms with Gasteiger partial charge in [-0.25, -0.2) is 0 Å². The summed E-state index contributed by atoms with van der Waals surface area (Å²) in [5.74, 6) is -0.0667. The van der Waals surface area contributed by atoms with Gasteiger partial charge in [-0.1, -0.05) is 55.6 Å². The summed E-state index contributed by atoms with van der Waals surface area (Å²) in [6.45, 7) is 7.90. The zero-order valence-electron chi connectivity index (χ0n) is 12.5. The lowest BCUT2D eigenvalue weighted by molar-refractivity contribution is 0.0765. The molecule has 1 aliphatic heterocycles. The van der Waals surface area contributed by atoms with Crippen LogP contribution in [0.2, 0.25) is 10.0 Å². The summed E-state index contributed by atoms with van der Waals surface area (Å²) in [5.41, 5.74) is 8.03. The van der Waals surface area contributed by atoms with E-state index >= 15 is 0 Å². The number of carbonyl (C=O) groups excluding carboxylic acids is 1. The summed E-state index contributed by atoms with van der Waals surface area (Å²) in [7, 11) is 0. The first-order valence-electron chi connectivity index (χ1n) is 6.93. The Morgan fingerprint density at radius 2 is 1.81 bits per heavy atom. The summed E-state index contributed by atoms with van der Waals surface area (Å²) in [6, 6.07) is 3.15. The zero-order valence-corrected chi connectivity index (χ0v) is 14.1. The number of carbonyl (C=O) groups is 1. The van der Waals surface area contributed by atoms with Gasteiger partial charge in [-0.3, -0.25) is 4.79 Å². The number of halogens is 2. The van der Waals surface area contributed by atoms with Crippen LogP contribution in [0.25, 0.3) is 0 Å². The Hall–Kier alpha value is -1.19. The predicted octanol–water partition coefficient (Wildman–Crippen LogP) is 4.39. The van der Waals surface area contributed by atoms with Gasteiger partial charge in [0.05, 0.1) is 15.7 Å². The fourth-order valence-corrected chi connectivity index (χ4v) is 2.91. The average Bonchev–Trinajstić information content (AvgIpc) is 2.42. The van der Waals surface area contributed by atoms with Crippen LogP contribution >= 0.6 is 23.2 Å². The highest BCUT2D eigenvalue weighted by Crippen LogP contribution is 2.32. The van der Waals surface area contributed by atoms with Crippen molar-refractivity contribution in [2.24, 2.45) is 5.41 Å². The predicted molar refractivity (Wildman–Crippen MR) is 88.9 cm³/mol. The van der Waals surface area contributed by atoms with Crippen LogP contribution in [0.5, 0.6) is 0 Å². The molecule has 2 rings (SSSR count). The maximum atomic E-state index is 12.5. The molecule has 0 saturated carbocycles. The van der Waals surface area contributed by atoms with Gasteiger partial charge in [0.15, 0.2) is 0 Å². The minimum Gasteiger partial charge on any atom is -0.396 e. The van der Waals surface area contributed by atoms with Gasteiger partial charge in [-0.2, -0.15) is 0 Å². The SMILES string of the molecule is CC(C)(C)C1=CCN(C(=O)c2cc(Cl)c(N)c(Cl)c2)CC1. The summed E-state index contributed by atoms with van der Waals surface area (Å²) in [5, 5.41) is 0.627. The van der Waals surface area contributed by atoms with E-state index in [4.69, 9.17) is 28.9 Å². The van der Waals surface area contributed by atoms with Crippen LogP contribution in [0.4, 0.5) is 5.69 Å². The standard InChI is InChI=1S/C16H20Cl2N2O/c1-16(2,3)11-4-6-20(7-5-11)15(21)10-8-12(17)14(19)13(18)9-10/h4,8-9H,5-7,19H2,1-3H3. The third-order valence-corrected chi connectivity index (χ3v) is 4.41. The van der Waals surface area contributed by atoms with E-state index < -0.39 is 0 Å². The van der Waals surface area contributed by atoms with Crippen LogP contribution in [0, 0.1) is 5.41 Å². The van der Waals surface area contributed by atoms with E-state index in [1.165, 1.54) is 5.57 Å². The molecular formula is C16H20Cl2N2O. The fourth-order valence-electron chi connectivity index (χ4n) is 2.43. The molecule has 0 unspecified atom stereocenters. The van der Waals surface area contributed by atoms with Crippen LogP contribution in [-0.4, -0.2) is 23.9 Å². The second kappa shape index (κ2) is 5.90. The molecule has 1 aromatic rings. The summed E-state index contributed by atoms with van der Waals surface area (Å²) < 4.78 is 0. The molecule has 0 aromatic heterocycles. The monoisotopic (exact) mass is 326 g/mol. The van der Waals surface area contributed by atoms with E-state index in [9.17, 15) is 4.79 Å². The Labute approximate surface area is 135 Å². The molecule has 1 aromatic carbocycles. The molecule has 0 atom stereocenters. The molecule has 1 heterocycles. The molecule has 1 aliphatic rings. The lowest BCUT2D eigenvalue weighted by atomic mass is 9.83. The van der Waals surface area contributed by atoms with Crippen LogP contribution in [0.3, 0.4) is 0 Å². The van der Waals surface area contributed by atoms with Gasteiger partial charge in [0.25, 0.3) is 5.91 Å². The Bertz CT molecular complexity index is 580. The number of anilines is 1. The van der Waals surface area contributed by atoms with Crippen molar-refractivity contribution in [3.05, 3.63) is 39.4 Å². The molecule has 114 valence electrons. The average molecular weight is 327 g/mol. The van der Waals surface area contributed by atoms with Gasteiger partial charge in [-0.15, -0.1) is 0 Å². The molecule has 0 spiro atoms. The molecule has 21 heavy (non-hydrogen) atoms. The van der Waals surface area contributed by atoms with Gasteiger partial charge in [0.1, 0.15) is 0 Å². The molecule has 0 saturated heterocycles. The lowest BCUT2D eigenvalue weighted by Crippen LogP contribution is -2.36. The van der Waals surface area contributed by atoms with Gasteiger partial charge in [0, 0.05) is 18.7 Å². The van der Waals surface area contributed by atoms with Crippen molar-refractivity contribution in [2.75, 3.05) is 18.8 Å². The summed E-state index contributed by atoms with van der Waals surface area (Å²) in [6.07, 6.45) is 3.04. The summed E-state index contributed by atoms with van der Waals surface area (Å²) >= 11 is 12.0. The van der Waals surface area contributed by atoms with Gasteiger partial charge in [0.2, 0.25) is 0 Å². The number of hydrogen-bond donors (Lipinski definition) is 1. The molecule has 3 nitrogen and oxygen atoms in total. The van der Waals surface area contributed by atoms with E-state index in [2.05, 4.69) is 26.8 Å². The van der Waals surface area contributed by atoms with Crippen molar-refractivity contribution in [2.45, 2.75) is 27.2 Å². The summed E-state index contributed by atoms with van der Waals surface area (Å²) in [4.78, 5) is 14.3. The maximum Gasteiger partial charge on any atom is 0.254 e. The number of nitrogens with two attached hydrogens (primary N) is 1. The van der Waals surface area contributed by atoms with Crippen molar-refractivity contribution in [3.63, 3.8) is 0 Å². The quantitative estimate of drug-likeness (QED) is 0.614. The van der Waals surface area contributed by atoms with Crippen LogP contribution in [0.15, 0.2) is 23.8 Å². The minimum atomic E-state index is -0.0667. The van der Waals surface area contributed by atoms with Gasteiger partial charge in [-0.05, 0) is 24.0 Å². The van der Waals surface area contributed by atoms with Gasteiger partial charge >= 0.3 is 0 Å². The van der Waals surface area contributed by atoms with Crippen LogP contribution < -0.4 is 5.73 Å². The Kier molecular flexibility index (Phi) is 4.54. The number of hydrogen-bond acceptors (Lipinski definition) is 2. The van der Waals surface area contributed by atoms with E-state index in [0.717, 1.165) is 6.42 Å². The minimum absolute atomic E-state index is 0.0667. The maximum absolute atomic E-state index is 12.5. The lowest BCUT2D eigenvalue weighted by Gasteiger charge is -2.32. The third kappa shape index (κ3) is 3.53. The molecule has 0 fully saturated rings. The largest absolute Gasteiger partial charge is 0.396 e. The zero-order chi connectivity index (χ0) is 15.8. The van der Waals surface area contributed by atoms with Gasteiger partial charge < -0.3 is 10.6 Å². The Balaban J connectivity index is 2.18. The van der Waals surface area contributed by atoms with Crippen molar-refractivity contribution < 1.29 is 4.79 Å². The highest BCUT2D eigenvalue weighted by Gasteiger charge is 2.24. The fraction of sp³-hybridized carbons (Fsp3) is 0.438. The number of rotatable bonds is 1. The molecule has 0 aliphatic carbocycles. The van der Waals surface area contributed by atoms with Crippen molar-refractivity contribution in [1.29, 1.82) is 0 Å². The Morgan fingerprint density at radius 3 is 2.24 bits per heavy atom. The van der Waals surface area contributed by atoms with Crippen molar-refractivity contribution in [1.82, 2.24) is 4.90 Å². The number of benzene rings is 1. The first-order chi connectivity index (χ1) is 9.70. The van der Waals surface area contributed by atoms with Crippen molar-refractivity contribution in [3.8, 4) is 0 Å². The van der Waals surface area contributed by atoms with E-state index in [0.29, 0.717) is 34.4 Å².